The molecule has 13 heavy (non-hydrogen) atoms. The van der Waals surface area contributed by atoms with E-state index in [1.165, 1.54) is 0 Å². The number of rotatable bonds is 0. The molecule has 0 aromatic rings. The molecule has 0 unspecified atom stereocenters. The van der Waals surface area contributed by atoms with E-state index in [1.807, 2.05) is 47.8 Å². The molecule has 4 heteroatoms. The van der Waals surface area contributed by atoms with Crippen molar-refractivity contribution >= 4 is 0 Å². The van der Waals surface area contributed by atoms with E-state index in [0.717, 1.165) is 6.54 Å². The molecule has 0 radical (unpaired) electrons. The van der Waals surface area contributed by atoms with Crippen LogP contribution in [0.1, 0.15) is 0 Å². The van der Waals surface area contributed by atoms with Gasteiger partial charge in [-0.25, -0.2) is 5.01 Å². The third-order valence-corrected chi connectivity index (χ3v) is 1.68. The summed E-state index contributed by atoms with van der Waals surface area (Å²) >= 11 is 0. The van der Waals surface area contributed by atoms with Gasteiger partial charge in [-0.1, -0.05) is 29.5 Å². The van der Waals surface area contributed by atoms with Gasteiger partial charge in [0.05, 0.1) is 12.7 Å². The van der Waals surface area contributed by atoms with Crippen molar-refractivity contribution < 1.29 is 0 Å². The van der Waals surface area contributed by atoms with Crippen LogP contribution in [0.3, 0.4) is 0 Å². The van der Waals surface area contributed by atoms with Crippen LogP contribution in [0.4, 0.5) is 0 Å². The number of hydrazine groups is 1. The Hall–Kier alpha value is -1.84. The first kappa shape index (κ1) is 7.79. The highest BCUT2D eigenvalue weighted by Gasteiger charge is 2.07. The van der Waals surface area contributed by atoms with Crippen LogP contribution in [0, 0.1) is 0 Å². The van der Waals surface area contributed by atoms with Gasteiger partial charge in [0.25, 0.3) is 0 Å². The van der Waals surface area contributed by atoms with Gasteiger partial charge < -0.3 is 0 Å². The highest BCUT2D eigenvalue weighted by Crippen LogP contribution is 2.08. The smallest absolute Gasteiger partial charge is 0.0792 e. The van der Waals surface area contributed by atoms with E-state index in [2.05, 4.69) is 10.3 Å². The molecule has 0 bridgehead atoms. The first-order valence-corrected chi connectivity index (χ1v) is 4.10. The molecule has 0 amide bonds. The molecule has 2 rings (SSSR count). The summed E-state index contributed by atoms with van der Waals surface area (Å²) in [6.07, 6.45) is 15.4. The number of fused-ring (bicyclic) bond motifs is 1. The molecule has 2 aliphatic rings. The monoisotopic (exact) mass is 174 g/mol. The summed E-state index contributed by atoms with van der Waals surface area (Å²) in [7, 11) is 0. The van der Waals surface area contributed by atoms with Gasteiger partial charge in [-0.05, 0) is 6.08 Å². The second-order valence-electron chi connectivity index (χ2n) is 2.59. The van der Waals surface area contributed by atoms with Crippen molar-refractivity contribution in [3.8, 4) is 0 Å². The van der Waals surface area contributed by atoms with Gasteiger partial charge in [-0.3, -0.25) is 0 Å². The van der Waals surface area contributed by atoms with Crippen LogP contribution in [0.25, 0.3) is 0 Å². The van der Waals surface area contributed by atoms with Crippen LogP contribution in [0.15, 0.2) is 59.3 Å². The summed E-state index contributed by atoms with van der Waals surface area (Å²) in [5, 5.41) is 11.4. The molecule has 0 saturated carbocycles. The van der Waals surface area contributed by atoms with E-state index >= 15 is 0 Å². The Labute approximate surface area is 76.8 Å². The van der Waals surface area contributed by atoms with Gasteiger partial charge in [0, 0.05) is 12.4 Å². The van der Waals surface area contributed by atoms with E-state index in [0.29, 0.717) is 0 Å². The molecule has 0 fully saturated rings. The first-order valence-electron chi connectivity index (χ1n) is 4.10. The maximum absolute atomic E-state index is 3.96. The summed E-state index contributed by atoms with van der Waals surface area (Å²) in [6.45, 7) is 0.725. The highest BCUT2D eigenvalue weighted by atomic mass is 15.8. The summed E-state index contributed by atoms with van der Waals surface area (Å²) < 4.78 is 0. The fraction of sp³-hybridized carbons (Fsp3) is 0.111. The molecule has 0 saturated heterocycles. The Balaban J connectivity index is 2.20. The topological polar surface area (TPSA) is 31.2 Å². The molecule has 2 heterocycles. The Kier molecular flexibility index (Phi) is 2.22. The highest BCUT2D eigenvalue weighted by molar-refractivity contribution is 5.13. The van der Waals surface area contributed by atoms with E-state index in [-0.39, 0.29) is 0 Å². The lowest BCUT2D eigenvalue weighted by atomic mass is 10.4. The Morgan fingerprint density at radius 2 is 1.92 bits per heavy atom. The van der Waals surface area contributed by atoms with Gasteiger partial charge in [0.2, 0.25) is 0 Å². The Bertz CT molecular complexity index is 312. The third-order valence-electron chi connectivity index (χ3n) is 1.68. The van der Waals surface area contributed by atoms with Gasteiger partial charge in [-0.15, -0.1) is 5.11 Å². The quantitative estimate of drug-likeness (QED) is 0.562. The van der Waals surface area contributed by atoms with Crippen molar-refractivity contribution in [3.63, 3.8) is 0 Å². The molecule has 0 N–H and O–H groups in total. The summed E-state index contributed by atoms with van der Waals surface area (Å²) in [4.78, 5) is 0. The van der Waals surface area contributed by atoms with Crippen molar-refractivity contribution in [2.75, 3.05) is 6.54 Å². The summed E-state index contributed by atoms with van der Waals surface area (Å²) in [5.74, 6) is 0. The van der Waals surface area contributed by atoms with E-state index < -0.39 is 0 Å². The predicted molar refractivity (Wildman–Crippen MR) is 50.0 cm³/mol. The largest absolute Gasteiger partial charge is 0.249 e. The van der Waals surface area contributed by atoms with E-state index in [4.69, 9.17) is 0 Å². The Morgan fingerprint density at radius 1 is 1.00 bits per heavy atom. The van der Waals surface area contributed by atoms with Crippen LogP contribution in [0.2, 0.25) is 0 Å². The maximum atomic E-state index is 3.96. The van der Waals surface area contributed by atoms with Crippen molar-refractivity contribution in [1.82, 2.24) is 10.1 Å². The van der Waals surface area contributed by atoms with Gasteiger partial charge in [0.1, 0.15) is 0 Å². The fourth-order valence-electron chi connectivity index (χ4n) is 1.07. The lowest BCUT2D eigenvalue weighted by molar-refractivity contribution is 0.0692. The van der Waals surface area contributed by atoms with Crippen molar-refractivity contribution in [3.05, 3.63) is 49.0 Å². The molecule has 0 aliphatic carbocycles. The first-order chi connectivity index (χ1) is 6.47. The second-order valence-corrected chi connectivity index (χ2v) is 2.59. The zero-order valence-electron chi connectivity index (χ0n) is 7.11. The van der Waals surface area contributed by atoms with Gasteiger partial charge >= 0.3 is 0 Å². The average molecular weight is 174 g/mol. The second kappa shape index (κ2) is 3.71. The molecular weight excluding hydrogens is 164 g/mol. The standard InChI is InChI=1S/C9H10N4/c1-2-4-7-12-9-6-10-11-13(12)8-5-3-1/h1-7,9H,8H2/b2-1-,5-3+,7-4+. The third kappa shape index (κ3) is 1.84. The minimum atomic E-state index is 0.725. The number of nitrogens with zero attached hydrogens (tertiary/aromatic N) is 4. The lowest BCUT2D eigenvalue weighted by Gasteiger charge is -2.27. The molecule has 0 spiro atoms. The average Bonchev–Trinajstić information content (AvgIpc) is 2.28. The predicted octanol–water partition coefficient (Wildman–Crippen LogP) is 2.00. The summed E-state index contributed by atoms with van der Waals surface area (Å²) in [5.41, 5.74) is 0. The number of hydrogen-bond donors (Lipinski definition) is 0. The maximum Gasteiger partial charge on any atom is 0.0792 e. The normalized spacial score (nSPS) is 27.1. The fourth-order valence-corrected chi connectivity index (χ4v) is 1.07. The van der Waals surface area contributed by atoms with Crippen LogP contribution in [0.5, 0.6) is 0 Å². The van der Waals surface area contributed by atoms with E-state index in [1.54, 1.807) is 11.3 Å². The van der Waals surface area contributed by atoms with Crippen LogP contribution < -0.4 is 0 Å². The van der Waals surface area contributed by atoms with Crippen LogP contribution in [-0.4, -0.2) is 16.7 Å². The van der Waals surface area contributed by atoms with Gasteiger partial charge in [-0.2, -0.15) is 5.12 Å². The zero-order valence-corrected chi connectivity index (χ0v) is 7.11. The van der Waals surface area contributed by atoms with Crippen molar-refractivity contribution in [1.29, 1.82) is 0 Å². The van der Waals surface area contributed by atoms with E-state index in [9.17, 15) is 0 Å². The lowest BCUT2D eigenvalue weighted by Crippen LogP contribution is -2.31. The molecule has 2 aliphatic heterocycles. The SMILES string of the molecule is C1=CN2/C=C/C=C\C=C\CN2N=N1. The Morgan fingerprint density at radius 3 is 2.92 bits per heavy atom. The summed E-state index contributed by atoms with van der Waals surface area (Å²) in [6, 6.07) is 0. The van der Waals surface area contributed by atoms with Crippen molar-refractivity contribution in [2.45, 2.75) is 0 Å². The van der Waals surface area contributed by atoms with Crippen molar-refractivity contribution in [2.24, 2.45) is 10.3 Å². The molecule has 66 valence electrons. The molecule has 0 aromatic carbocycles. The number of allylic oxidation sites excluding steroid dienone is 4. The minimum Gasteiger partial charge on any atom is -0.249 e. The van der Waals surface area contributed by atoms with Crippen LogP contribution in [-0.2, 0) is 0 Å². The zero-order chi connectivity index (χ0) is 8.93. The van der Waals surface area contributed by atoms with Gasteiger partial charge in [0.15, 0.2) is 0 Å². The molecular formula is C9H10N4. The molecule has 4 nitrogen and oxygen atoms in total. The molecule has 0 atom stereocenters. The van der Waals surface area contributed by atoms with Crippen LogP contribution >= 0.6 is 0 Å². The number of hydrogen-bond acceptors (Lipinski definition) is 4. The molecule has 0 aromatic heterocycles. The minimum absolute atomic E-state index is 0.725.